The van der Waals surface area contributed by atoms with Gasteiger partial charge in [-0.2, -0.15) is 5.01 Å². The topological polar surface area (TPSA) is 67.2 Å². The van der Waals surface area contributed by atoms with Gasteiger partial charge < -0.3 is 0 Å². The Morgan fingerprint density at radius 2 is 2.00 bits per heavy atom. The third-order valence-corrected chi connectivity index (χ3v) is 1.77. The second kappa shape index (κ2) is 2.89. The van der Waals surface area contributed by atoms with Gasteiger partial charge in [-0.25, -0.2) is 15.2 Å². The van der Waals surface area contributed by atoms with Crippen molar-refractivity contribution in [3.63, 3.8) is 0 Å². The molecule has 1 aromatic rings. The van der Waals surface area contributed by atoms with Gasteiger partial charge in [0, 0.05) is 25.2 Å². The van der Waals surface area contributed by atoms with E-state index in [0.29, 0.717) is 0 Å². The minimum Gasteiger partial charge on any atom is -0.272 e. The van der Waals surface area contributed by atoms with Crippen LogP contribution in [0.2, 0.25) is 0 Å². The van der Waals surface area contributed by atoms with E-state index in [1.807, 2.05) is 0 Å². The largest absolute Gasteiger partial charge is 0.272 e. The first-order valence-electron chi connectivity index (χ1n) is 3.88. The molecule has 0 unspecified atom stereocenters. The Morgan fingerprint density at radius 3 is 2.54 bits per heavy atom. The maximum atomic E-state index is 11.1. The molecule has 1 N–H and O–H groups in total. The summed E-state index contributed by atoms with van der Waals surface area (Å²) in [6.45, 7) is 0. The Labute approximate surface area is 74.1 Å². The molecule has 2 amide bonds. The third kappa shape index (κ3) is 1.37. The molecular weight excluding hydrogens is 172 g/mol. The van der Waals surface area contributed by atoms with Crippen LogP contribution in [-0.2, 0) is 9.59 Å². The van der Waals surface area contributed by atoms with E-state index >= 15 is 0 Å². The second-order valence-corrected chi connectivity index (χ2v) is 2.69. The normalized spacial score (nSPS) is 16.8. The van der Waals surface area contributed by atoms with Crippen LogP contribution in [0, 0.1) is 0 Å². The van der Waals surface area contributed by atoms with Gasteiger partial charge in [-0.3, -0.25) is 9.59 Å². The van der Waals surface area contributed by atoms with Crippen LogP contribution in [0.25, 0.3) is 0 Å². The fourth-order valence-corrected chi connectivity index (χ4v) is 1.12. The first-order valence-corrected chi connectivity index (χ1v) is 3.88. The average Bonchev–Trinajstić information content (AvgIpc) is 2.70. The fourth-order valence-electron chi connectivity index (χ4n) is 1.12. The fraction of sp³-hybridized carbons (Fsp3) is 0.286. The summed E-state index contributed by atoms with van der Waals surface area (Å²) in [4.78, 5) is 26.0. The van der Waals surface area contributed by atoms with Gasteiger partial charge in [-0.15, -0.1) is 0 Å². The molecule has 1 aliphatic heterocycles. The molecule has 1 aliphatic rings. The van der Waals surface area contributed by atoms with Gasteiger partial charge in [0.15, 0.2) is 0 Å². The molecule has 1 saturated heterocycles. The number of nitrogens with one attached hydrogen (secondary N) is 1. The molecule has 68 valence electrons. The average molecular weight is 180 g/mol. The van der Waals surface area contributed by atoms with E-state index in [1.165, 1.54) is 11.0 Å². The zero-order chi connectivity index (χ0) is 9.26. The minimum atomic E-state index is -0.210. The summed E-state index contributed by atoms with van der Waals surface area (Å²) in [5.41, 5.74) is 2.61. The van der Waals surface area contributed by atoms with Gasteiger partial charge in [0.25, 0.3) is 0 Å². The van der Waals surface area contributed by atoms with Crippen LogP contribution in [-0.4, -0.2) is 26.5 Å². The number of imidazole rings is 1. The van der Waals surface area contributed by atoms with Crippen LogP contribution in [0.5, 0.6) is 0 Å². The summed E-state index contributed by atoms with van der Waals surface area (Å²) in [7, 11) is 0. The highest BCUT2D eigenvalue weighted by molar-refractivity contribution is 6.02. The molecule has 1 fully saturated rings. The lowest BCUT2D eigenvalue weighted by Gasteiger charge is -2.15. The quantitative estimate of drug-likeness (QED) is 0.622. The number of imide groups is 1. The summed E-state index contributed by atoms with van der Waals surface area (Å²) in [5, 5.41) is 1.00. The van der Waals surface area contributed by atoms with Crippen LogP contribution < -0.4 is 5.53 Å². The van der Waals surface area contributed by atoms with Crippen molar-refractivity contribution in [2.75, 3.05) is 5.53 Å². The number of hydrogen-bond donors (Lipinski definition) is 1. The van der Waals surface area contributed by atoms with E-state index < -0.39 is 0 Å². The number of carbonyl (C=O) groups is 2. The molecule has 2 rings (SSSR count). The molecule has 0 atom stereocenters. The molecule has 0 saturated carbocycles. The van der Waals surface area contributed by atoms with E-state index in [4.69, 9.17) is 0 Å². The highest BCUT2D eigenvalue weighted by Crippen LogP contribution is 2.09. The number of hydrazine groups is 1. The lowest BCUT2D eigenvalue weighted by molar-refractivity contribution is -0.137. The smallest absolute Gasteiger partial charge is 0.249 e. The van der Waals surface area contributed by atoms with E-state index in [2.05, 4.69) is 10.5 Å². The predicted octanol–water partition coefficient (Wildman–Crippen LogP) is -0.509. The molecule has 0 aromatic carbocycles. The predicted molar refractivity (Wildman–Crippen MR) is 42.7 cm³/mol. The first-order chi connectivity index (χ1) is 6.27. The van der Waals surface area contributed by atoms with Crippen LogP contribution in [0.1, 0.15) is 12.8 Å². The number of aromatic nitrogens is 2. The molecule has 6 nitrogen and oxygen atoms in total. The molecule has 0 aliphatic carbocycles. The molecule has 1 aromatic heterocycles. The summed E-state index contributed by atoms with van der Waals surface area (Å²) in [6, 6.07) is 0. The Morgan fingerprint density at radius 1 is 1.31 bits per heavy atom. The standard InChI is InChI=1S/C7H8N4O2/c12-6-1-2-7(13)11(6)9-10-4-3-8-5-10/h3-5,9H,1-2H2. The number of rotatable bonds is 2. The Kier molecular flexibility index (Phi) is 1.73. The molecule has 0 bridgehead atoms. The van der Waals surface area contributed by atoms with Crippen molar-refractivity contribution in [2.45, 2.75) is 12.8 Å². The minimum absolute atomic E-state index is 0.210. The Bertz CT molecular complexity index is 316. The van der Waals surface area contributed by atoms with E-state index in [-0.39, 0.29) is 24.7 Å². The SMILES string of the molecule is O=C1CCC(=O)N1Nn1ccnc1. The maximum Gasteiger partial charge on any atom is 0.249 e. The van der Waals surface area contributed by atoms with Crippen LogP contribution in [0.3, 0.4) is 0 Å². The monoisotopic (exact) mass is 180 g/mol. The molecule has 13 heavy (non-hydrogen) atoms. The number of carbonyl (C=O) groups excluding carboxylic acids is 2. The lowest BCUT2D eigenvalue weighted by atomic mass is 10.4. The van der Waals surface area contributed by atoms with E-state index in [0.717, 1.165) is 5.01 Å². The highest BCUT2D eigenvalue weighted by atomic mass is 16.2. The Balaban J connectivity index is 2.09. The highest BCUT2D eigenvalue weighted by Gasteiger charge is 2.29. The molecule has 2 heterocycles. The van der Waals surface area contributed by atoms with Crippen LogP contribution in [0.15, 0.2) is 18.7 Å². The van der Waals surface area contributed by atoms with Gasteiger partial charge in [-0.05, 0) is 0 Å². The van der Waals surface area contributed by atoms with Crippen molar-refractivity contribution in [2.24, 2.45) is 0 Å². The summed E-state index contributed by atoms with van der Waals surface area (Å²) < 4.78 is 1.45. The third-order valence-electron chi connectivity index (χ3n) is 1.77. The van der Waals surface area contributed by atoms with Crippen molar-refractivity contribution in [1.82, 2.24) is 14.7 Å². The van der Waals surface area contributed by atoms with Gasteiger partial charge in [0.1, 0.15) is 6.33 Å². The summed E-state index contributed by atoms with van der Waals surface area (Å²) >= 11 is 0. The van der Waals surface area contributed by atoms with Crippen molar-refractivity contribution in [1.29, 1.82) is 0 Å². The van der Waals surface area contributed by atoms with Gasteiger partial charge in [0.2, 0.25) is 11.8 Å². The van der Waals surface area contributed by atoms with Crippen molar-refractivity contribution in [3.05, 3.63) is 18.7 Å². The van der Waals surface area contributed by atoms with Crippen molar-refractivity contribution in [3.8, 4) is 0 Å². The summed E-state index contributed by atoms with van der Waals surface area (Å²) in [6.07, 6.45) is 5.19. The number of hydrogen-bond acceptors (Lipinski definition) is 4. The van der Waals surface area contributed by atoms with Crippen LogP contribution in [0.4, 0.5) is 0 Å². The van der Waals surface area contributed by atoms with Gasteiger partial charge >= 0.3 is 0 Å². The van der Waals surface area contributed by atoms with Crippen molar-refractivity contribution >= 4 is 11.8 Å². The number of amides is 2. The first kappa shape index (κ1) is 7.78. The van der Waals surface area contributed by atoms with E-state index in [1.54, 1.807) is 12.4 Å². The Hall–Kier alpha value is -1.85. The lowest BCUT2D eigenvalue weighted by Crippen LogP contribution is -2.39. The van der Waals surface area contributed by atoms with E-state index in [9.17, 15) is 9.59 Å². The van der Waals surface area contributed by atoms with Crippen molar-refractivity contribution < 1.29 is 9.59 Å². The summed E-state index contributed by atoms with van der Waals surface area (Å²) in [5.74, 6) is -0.419. The number of nitrogens with zero attached hydrogens (tertiary/aromatic N) is 3. The second-order valence-electron chi connectivity index (χ2n) is 2.69. The van der Waals surface area contributed by atoms with Gasteiger partial charge in [0.05, 0.1) is 0 Å². The maximum absolute atomic E-state index is 11.1. The zero-order valence-corrected chi connectivity index (χ0v) is 6.80. The molecule has 6 heteroatoms. The molecule has 0 radical (unpaired) electrons. The molecule has 0 spiro atoms. The van der Waals surface area contributed by atoms with Gasteiger partial charge in [-0.1, -0.05) is 0 Å². The molecular formula is C7H8N4O2. The van der Waals surface area contributed by atoms with Crippen LogP contribution >= 0.6 is 0 Å². The zero-order valence-electron chi connectivity index (χ0n) is 6.80.